The van der Waals surface area contributed by atoms with Crippen molar-refractivity contribution in [3.63, 3.8) is 0 Å². The third-order valence-electron chi connectivity index (χ3n) is 3.11. The van der Waals surface area contributed by atoms with Crippen LogP contribution in [-0.2, 0) is 11.3 Å². The van der Waals surface area contributed by atoms with Gasteiger partial charge >= 0.3 is 5.97 Å². The average Bonchev–Trinajstić information content (AvgIpc) is 2.85. The van der Waals surface area contributed by atoms with E-state index in [0.29, 0.717) is 17.8 Å². The van der Waals surface area contributed by atoms with Crippen LogP contribution in [0.15, 0.2) is 24.3 Å². The molecule has 1 unspecified atom stereocenters. The number of carbonyl (C=O) groups is 1. The third-order valence-corrected chi connectivity index (χ3v) is 3.11. The highest BCUT2D eigenvalue weighted by Gasteiger charge is 2.22. The molecule has 0 spiro atoms. The number of rotatable bonds is 6. The molecule has 2 aromatic rings. The van der Waals surface area contributed by atoms with Crippen LogP contribution in [0.5, 0.6) is 0 Å². The van der Waals surface area contributed by atoms with Crippen LogP contribution in [0.4, 0.5) is 4.39 Å². The molecule has 0 fully saturated rings. The Labute approximate surface area is 121 Å². The van der Waals surface area contributed by atoms with Crippen LogP contribution in [0.25, 0.3) is 11.4 Å². The largest absolute Gasteiger partial charge is 0.481 e. The Balaban J connectivity index is 2.25. The molecule has 7 heteroatoms. The van der Waals surface area contributed by atoms with Gasteiger partial charge in [-0.15, -0.1) is 5.10 Å². The van der Waals surface area contributed by atoms with Gasteiger partial charge in [0.2, 0.25) is 0 Å². The highest BCUT2D eigenvalue weighted by Crippen LogP contribution is 2.20. The molecular formula is C14H17FN4O2. The van der Waals surface area contributed by atoms with Gasteiger partial charge in [0, 0.05) is 5.56 Å². The third kappa shape index (κ3) is 3.84. The Morgan fingerprint density at radius 2 is 2.19 bits per heavy atom. The van der Waals surface area contributed by atoms with Crippen molar-refractivity contribution in [1.29, 1.82) is 0 Å². The van der Waals surface area contributed by atoms with E-state index >= 15 is 0 Å². The predicted octanol–water partition coefficient (Wildman–Crippen LogP) is 2.23. The highest BCUT2D eigenvalue weighted by molar-refractivity contribution is 5.70. The van der Waals surface area contributed by atoms with Crippen molar-refractivity contribution in [2.75, 3.05) is 0 Å². The second-order valence-corrected chi connectivity index (χ2v) is 5.36. The minimum atomic E-state index is -0.885. The Hall–Kier alpha value is -2.31. The fourth-order valence-corrected chi connectivity index (χ4v) is 2.19. The Kier molecular flexibility index (Phi) is 4.62. The normalized spacial score (nSPS) is 12.6. The molecule has 1 aromatic carbocycles. The number of carboxylic acid groups (broad SMARTS) is 1. The van der Waals surface area contributed by atoms with E-state index in [4.69, 9.17) is 0 Å². The summed E-state index contributed by atoms with van der Waals surface area (Å²) in [6.07, 6.45) is 0.526. The molecule has 0 saturated heterocycles. The average molecular weight is 292 g/mol. The van der Waals surface area contributed by atoms with Gasteiger partial charge in [-0.05, 0) is 34.9 Å². The molecule has 2 rings (SSSR count). The molecule has 0 aliphatic carbocycles. The molecular weight excluding hydrogens is 275 g/mol. The molecule has 0 aliphatic rings. The molecule has 21 heavy (non-hydrogen) atoms. The summed E-state index contributed by atoms with van der Waals surface area (Å²) in [5.74, 6) is -1.24. The van der Waals surface area contributed by atoms with Crippen molar-refractivity contribution in [3.05, 3.63) is 30.1 Å². The van der Waals surface area contributed by atoms with Gasteiger partial charge < -0.3 is 5.11 Å². The van der Waals surface area contributed by atoms with Gasteiger partial charge in [0.05, 0.1) is 12.5 Å². The summed E-state index contributed by atoms with van der Waals surface area (Å²) in [6.45, 7) is 4.08. The lowest BCUT2D eigenvalue weighted by atomic mass is 9.97. The number of benzene rings is 1. The summed E-state index contributed by atoms with van der Waals surface area (Å²) < 4.78 is 14.7. The first-order chi connectivity index (χ1) is 9.97. The lowest BCUT2D eigenvalue weighted by Crippen LogP contribution is -2.23. The van der Waals surface area contributed by atoms with Crippen LogP contribution < -0.4 is 0 Å². The molecule has 0 radical (unpaired) electrons. The van der Waals surface area contributed by atoms with Crippen molar-refractivity contribution in [3.8, 4) is 11.4 Å². The molecule has 0 amide bonds. The predicted molar refractivity (Wildman–Crippen MR) is 73.8 cm³/mol. The molecule has 0 bridgehead atoms. The van der Waals surface area contributed by atoms with Crippen molar-refractivity contribution in [1.82, 2.24) is 20.2 Å². The van der Waals surface area contributed by atoms with Gasteiger partial charge in [-0.1, -0.05) is 26.0 Å². The zero-order chi connectivity index (χ0) is 15.4. The van der Waals surface area contributed by atoms with Crippen molar-refractivity contribution in [2.45, 2.75) is 26.8 Å². The zero-order valence-electron chi connectivity index (χ0n) is 11.9. The maximum atomic E-state index is 13.3. The topological polar surface area (TPSA) is 80.9 Å². The molecule has 0 aliphatic heterocycles. The number of hydrogen-bond acceptors (Lipinski definition) is 4. The monoisotopic (exact) mass is 292 g/mol. The second-order valence-electron chi connectivity index (χ2n) is 5.36. The van der Waals surface area contributed by atoms with Crippen LogP contribution in [0.2, 0.25) is 0 Å². The number of halogens is 1. The molecule has 1 N–H and O–H groups in total. The fraction of sp³-hybridized carbons (Fsp3) is 0.429. The maximum Gasteiger partial charge on any atom is 0.308 e. The number of aliphatic carboxylic acids is 1. The van der Waals surface area contributed by atoms with Crippen molar-refractivity contribution < 1.29 is 14.3 Å². The van der Waals surface area contributed by atoms with Gasteiger partial charge in [0.25, 0.3) is 0 Å². The number of hydrogen-bond donors (Lipinski definition) is 1. The van der Waals surface area contributed by atoms with Crippen molar-refractivity contribution >= 4 is 5.97 Å². The van der Waals surface area contributed by atoms with Gasteiger partial charge in [-0.2, -0.15) is 0 Å². The summed E-state index contributed by atoms with van der Waals surface area (Å²) >= 11 is 0. The maximum absolute atomic E-state index is 13.3. The van der Waals surface area contributed by atoms with Gasteiger partial charge in [0.15, 0.2) is 5.82 Å². The Morgan fingerprint density at radius 3 is 2.81 bits per heavy atom. The quantitative estimate of drug-likeness (QED) is 0.883. The SMILES string of the molecule is CC(C)CC(Cn1nnnc1-c1cccc(F)c1)C(=O)O. The number of aromatic nitrogens is 4. The van der Waals surface area contributed by atoms with Crippen LogP contribution in [0.1, 0.15) is 20.3 Å². The zero-order valence-corrected chi connectivity index (χ0v) is 11.9. The summed E-state index contributed by atoms with van der Waals surface area (Å²) in [7, 11) is 0. The first-order valence-corrected chi connectivity index (χ1v) is 6.72. The van der Waals surface area contributed by atoms with Crippen LogP contribution in [-0.4, -0.2) is 31.3 Å². The molecule has 112 valence electrons. The van der Waals surface area contributed by atoms with E-state index in [2.05, 4.69) is 15.5 Å². The van der Waals surface area contributed by atoms with E-state index in [1.54, 1.807) is 12.1 Å². The van der Waals surface area contributed by atoms with E-state index < -0.39 is 11.9 Å². The standard InChI is InChI=1S/C14H17FN4O2/c1-9(2)6-11(14(20)21)8-19-13(16-17-18-19)10-4-3-5-12(15)7-10/h3-5,7,9,11H,6,8H2,1-2H3,(H,20,21). The van der Waals surface area contributed by atoms with Gasteiger partial charge in [-0.25, -0.2) is 9.07 Å². The second kappa shape index (κ2) is 6.43. The van der Waals surface area contributed by atoms with E-state index in [-0.39, 0.29) is 18.3 Å². The Bertz CT molecular complexity index is 627. The van der Waals surface area contributed by atoms with E-state index in [1.807, 2.05) is 13.8 Å². The van der Waals surface area contributed by atoms with Crippen LogP contribution >= 0.6 is 0 Å². The molecule has 1 atom stereocenters. The molecule has 1 aromatic heterocycles. The summed E-state index contributed by atoms with van der Waals surface area (Å²) in [5.41, 5.74) is 0.522. The molecule has 6 nitrogen and oxygen atoms in total. The first kappa shape index (κ1) is 15.1. The highest BCUT2D eigenvalue weighted by atomic mass is 19.1. The number of carboxylic acids is 1. The van der Waals surface area contributed by atoms with E-state index in [1.165, 1.54) is 16.8 Å². The first-order valence-electron chi connectivity index (χ1n) is 6.72. The van der Waals surface area contributed by atoms with E-state index in [9.17, 15) is 14.3 Å². The van der Waals surface area contributed by atoms with Gasteiger partial charge in [-0.3, -0.25) is 4.79 Å². The molecule has 0 saturated carbocycles. The van der Waals surface area contributed by atoms with Gasteiger partial charge in [0.1, 0.15) is 5.82 Å². The number of tetrazole rings is 1. The summed E-state index contributed by atoms with van der Waals surface area (Å²) in [6, 6.07) is 5.90. The summed E-state index contributed by atoms with van der Waals surface area (Å²) in [5, 5.41) is 20.5. The minimum absolute atomic E-state index is 0.159. The fourth-order valence-electron chi connectivity index (χ4n) is 2.19. The smallest absolute Gasteiger partial charge is 0.308 e. The minimum Gasteiger partial charge on any atom is -0.481 e. The van der Waals surface area contributed by atoms with Crippen LogP contribution in [0.3, 0.4) is 0 Å². The number of nitrogens with zero attached hydrogens (tertiary/aromatic N) is 4. The lowest BCUT2D eigenvalue weighted by Gasteiger charge is -2.15. The lowest BCUT2D eigenvalue weighted by molar-refractivity contribution is -0.142. The summed E-state index contributed by atoms with van der Waals surface area (Å²) in [4.78, 5) is 11.3. The van der Waals surface area contributed by atoms with E-state index in [0.717, 1.165) is 0 Å². The van der Waals surface area contributed by atoms with Crippen LogP contribution in [0, 0.1) is 17.7 Å². The molecule has 1 heterocycles. The Morgan fingerprint density at radius 1 is 1.43 bits per heavy atom. The van der Waals surface area contributed by atoms with Crippen molar-refractivity contribution in [2.24, 2.45) is 11.8 Å².